The highest BCUT2D eigenvalue weighted by molar-refractivity contribution is 6.37. The molecule has 0 aliphatic carbocycles. The van der Waals surface area contributed by atoms with E-state index in [1.165, 1.54) is 0 Å². The van der Waals surface area contributed by atoms with E-state index in [0.717, 1.165) is 77.9 Å². The molecule has 1 aliphatic rings. The number of H-pyrrole nitrogens is 3. The molecule has 230 valence electrons. The van der Waals surface area contributed by atoms with Crippen LogP contribution >= 0.6 is 69.6 Å². The van der Waals surface area contributed by atoms with Crippen LogP contribution in [0.1, 0.15) is 11.4 Å². The van der Waals surface area contributed by atoms with Crippen LogP contribution in [0.25, 0.3) is 78.6 Å². The summed E-state index contributed by atoms with van der Waals surface area (Å²) in [5, 5.41) is 3.30. The average Bonchev–Trinajstić information content (AvgIpc) is 3.87. The van der Waals surface area contributed by atoms with Gasteiger partial charge in [-0.3, -0.25) is 0 Å². The maximum absolute atomic E-state index is 6.87. The lowest BCUT2D eigenvalue weighted by Gasteiger charge is -2.08. The zero-order chi connectivity index (χ0) is 32.4. The van der Waals surface area contributed by atoms with Crippen LogP contribution in [0.3, 0.4) is 0 Å². The van der Waals surface area contributed by atoms with Crippen LogP contribution in [0.4, 0.5) is 0 Å². The third-order valence-electron chi connectivity index (χ3n) is 8.17. The summed E-state index contributed by atoms with van der Waals surface area (Å²) in [4.78, 5) is 15.9. The van der Waals surface area contributed by atoms with Crippen molar-refractivity contribution in [3.63, 3.8) is 0 Å². The molecule has 0 radical (unpaired) electrons. The van der Waals surface area contributed by atoms with E-state index < -0.39 is 0 Å². The van der Waals surface area contributed by atoms with Gasteiger partial charge < -0.3 is 15.0 Å². The molecule has 0 unspecified atom stereocenters. The van der Waals surface area contributed by atoms with E-state index in [2.05, 4.69) is 15.0 Å². The summed E-state index contributed by atoms with van der Waals surface area (Å²) in [5.41, 5.74) is 11.0. The Labute approximate surface area is 298 Å². The fourth-order valence-corrected chi connectivity index (χ4v) is 7.23. The van der Waals surface area contributed by atoms with Gasteiger partial charge in [0, 0.05) is 91.1 Å². The number of nitrogens with one attached hydrogen (secondary N) is 3. The van der Waals surface area contributed by atoms with E-state index in [9.17, 15) is 0 Å². The average molecular weight is 733 g/mol. The first-order valence-electron chi connectivity index (χ1n) is 14.4. The van der Waals surface area contributed by atoms with Gasteiger partial charge >= 0.3 is 0 Å². The van der Waals surface area contributed by atoms with E-state index in [1.54, 1.807) is 36.4 Å². The second kappa shape index (κ2) is 12.0. The van der Waals surface area contributed by atoms with E-state index in [1.807, 2.05) is 66.7 Å². The lowest BCUT2D eigenvalue weighted by Crippen LogP contribution is -1.87. The van der Waals surface area contributed by atoms with Gasteiger partial charge in [-0.05, 0) is 103 Å². The summed E-state index contributed by atoms with van der Waals surface area (Å²) in [6.07, 6.45) is 3.95. The first-order valence-corrected chi connectivity index (χ1v) is 16.7. The molecule has 0 fully saturated rings. The van der Waals surface area contributed by atoms with Gasteiger partial charge in [0.2, 0.25) is 0 Å². The van der Waals surface area contributed by atoms with Crippen molar-refractivity contribution < 1.29 is 0 Å². The monoisotopic (exact) mass is 730 g/mol. The van der Waals surface area contributed by atoms with Crippen molar-refractivity contribution in [2.24, 2.45) is 0 Å². The first-order chi connectivity index (χ1) is 22.7. The van der Waals surface area contributed by atoms with Crippen LogP contribution in [0.2, 0.25) is 30.1 Å². The number of nitrogens with zero attached hydrogens (tertiary/aromatic N) is 1. The van der Waals surface area contributed by atoms with Crippen LogP contribution in [-0.2, 0) is 0 Å². The van der Waals surface area contributed by atoms with Gasteiger partial charge in [-0.2, -0.15) is 0 Å². The minimum absolute atomic E-state index is 0.537. The fraction of sp³-hybridized carbons (Fsp3) is 0. The minimum Gasteiger partial charge on any atom is -0.354 e. The van der Waals surface area contributed by atoms with Crippen LogP contribution in [0.5, 0.6) is 0 Å². The molecule has 3 N–H and O–H groups in total. The summed E-state index contributed by atoms with van der Waals surface area (Å²) in [7, 11) is 0. The van der Waals surface area contributed by atoms with Crippen molar-refractivity contribution in [3.05, 3.63) is 133 Å². The van der Waals surface area contributed by atoms with Crippen LogP contribution in [0, 0.1) is 0 Å². The number of aromatic nitrogens is 4. The molecule has 47 heavy (non-hydrogen) atoms. The topological polar surface area (TPSA) is 60.3 Å². The van der Waals surface area contributed by atoms with E-state index in [-0.39, 0.29) is 0 Å². The molecule has 8 rings (SSSR count). The molecule has 5 heterocycles. The normalized spacial score (nSPS) is 12.0. The van der Waals surface area contributed by atoms with Crippen LogP contribution in [-0.4, -0.2) is 19.9 Å². The largest absolute Gasteiger partial charge is 0.354 e. The Morgan fingerprint density at radius 3 is 1.15 bits per heavy atom. The Kier molecular flexibility index (Phi) is 7.76. The lowest BCUT2D eigenvalue weighted by molar-refractivity contribution is 1.32. The van der Waals surface area contributed by atoms with Crippen molar-refractivity contribution in [1.29, 1.82) is 0 Å². The van der Waals surface area contributed by atoms with Crippen LogP contribution < -0.4 is 0 Å². The number of hydrogen-bond donors (Lipinski definition) is 3. The van der Waals surface area contributed by atoms with Gasteiger partial charge in [-0.25, -0.2) is 4.98 Å². The Morgan fingerprint density at radius 1 is 0.362 bits per heavy atom. The lowest BCUT2D eigenvalue weighted by atomic mass is 10.0. The molecule has 0 spiro atoms. The number of benzene rings is 3. The second-order valence-corrected chi connectivity index (χ2v) is 13.6. The molecular weight excluding hydrogens is 713 g/mol. The number of aromatic amines is 3. The molecule has 8 bridgehead atoms. The zero-order valence-corrected chi connectivity index (χ0v) is 28.6. The highest BCUT2D eigenvalue weighted by atomic mass is 35.5. The molecule has 0 saturated carbocycles. The fourth-order valence-electron chi connectivity index (χ4n) is 6.07. The predicted octanol–water partition coefficient (Wildman–Crippen LogP) is 13.6. The van der Waals surface area contributed by atoms with Gasteiger partial charge in [-0.15, -0.1) is 0 Å². The van der Waals surface area contributed by atoms with E-state index >= 15 is 0 Å². The molecule has 7 aromatic rings. The Hall–Kier alpha value is -3.87. The molecule has 0 amide bonds. The summed E-state index contributed by atoms with van der Waals surface area (Å²) < 4.78 is 0. The smallest absolute Gasteiger partial charge is 0.0872 e. The second-order valence-electron chi connectivity index (χ2n) is 11.1. The molecule has 0 atom stereocenters. The molecular formula is C37H20Cl6N4. The summed E-state index contributed by atoms with van der Waals surface area (Å²) >= 11 is 40.1. The Morgan fingerprint density at radius 2 is 0.702 bits per heavy atom. The quantitative estimate of drug-likeness (QED) is 0.166. The molecule has 3 aromatic carbocycles. The molecule has 1 aliphatic heterocycles. The SMILES string of the molecule is Clc1ccc(Cl)c(-c2c3nc(c4ccc([nH]4)c(-c4cc(Cl)ccc4Cl)c4ccc([nH]4)c(-c4cc(Cl)ccc4Cl)c4ccc2[nH]4)C=C3)c1. The van der Waals surface area contributed by atoms with E-state index in [4.69, 9.17) is 74.6 Å². The summed E-state index contributed by atoms with van der Waals surface area (Å²) in [6.45, 7) is 0. The zero-order valence-electron chi connectivity index (χ0n) is 24.0. The van der Waals surface area contributed by atoms with Gasteiger partial charge in [0.1, 0.15) is 0 Å². The van der Waals surface area contributed by atoms with Gasteiger partial charge in [0.05, 0.1) is 16.9 Å². The summed E-state index contributed by atoms with van der Waals surface area (Å²) in [6, 6.07) is 28.3. The van der Waals surface area contributed by atoms with Crippen molar-refractivity contribution in [2.45, 2.75) is 0 Å². The van der Waals surface area contributed by atoms with Gasteiger partial charge in [0.25, 0.3) is 0 Å². The first kappa shape index (κ1) is 30.5. The Bertz CT molecular complexity index is 2560. The number of fused-ring (bicyclic) bond motifs is 9. The number of rotatable bonds is 3. The molecule has 10 heteroatoms. The van der Waals surface area contributed by atoms with Gasteiger partial charge in [-0.1, -0.05) is 69.6 Å². The van der Waals surface area contributed by atoms with E-state index in [0.29, 0.717) is 30.1 Å². The van der Waals surface area contributed by atoms with Crippen LogP contribution in [0.15, 0.2) is 91.0 Å². The highest BCUT2D eigenvalue weighted by Gasteiger charge is 2.18. The molecule has 4 nitrogen and oxygen atoms in total. The van der Waals surface area contributed by atoms with Crippen molar-refractivity contribution in [2.75, 3.05) is 0 Å². The minimum atomic E-state index is 0.537. The standard InChI is InChI=1S/C37H20Cl6N4/c38-18-1-4-24(41)21(15-18)35-29-9-7-27(44-29)28-8-10-30(45-28)36(22-16-19(39)2-5-25(22)42)32-12-14-34(47-32)37(33-13-11-31(35)46-33)23-17-20(40)3-6-26(23)43/h1-17,44,46-47H. The Balaban J connectivity index is 1.60. The third-order valence-corrected chi connectivity index (χ3v) is 9.86. The number of hydrogen-bond acceptors (Lipinski definition) is 1. The van der Waals surface area contributed by atoms with Crippen molar-refractivity contribution >= 4 is 115 Å². The van der Waals surface area contributed by atoms with Crippen molar-refractivity contribution in [1.82, 2.24) is 19.9 Å². The molecule has 4 aromatic heterocycles. The third kappa shape index (κ3) is 5.49. The number of halogens is 6. The maximum atomic E-state index is 6.87. The molecule has 0 saturated heterocycles. The van der Waals surface area contributed by atoms with Crippen molar-refractivity contribution in [3.8, 4) is 33.4 Å². The summed E-state index contributed by atoms with van der Waals surface area (Å²) in [5.74, 6) is 0. The van der Waals surface area contributed by atoms with Gasteiger partial charge in [0.15, 0.2) is 0 Å². The highest BCUT2D eigenvalue weighted by Crippen LogP contribution is 2.41. The maximum Gasteiger partial charge on any atom is 0.0872 e. The predicted molar refractivity (Wildman–Crippen MR) is 202 cm³/mol.